The minimum Gasteiger partial charge on any atom is -0.351 e. The van der Waals surface area contributed by atoms with E-state index in [9.17, 15) is 13.2 Å². The van der Waals surface area contributed by atoms with E-state index in [1.165, 1.54) is 0 Å². The lowest BCUT2D eigenvalue weighted by molar-refractivity contribution is 0.0953. The fourth-order valence-electron chi connectivity index (χ4n) is 3.12. The number of carbonyl (C=O) groups excluding carboxylic acids is 1. The Morgan fingerprint density at radius 1 is 1.03 bits per heavy atom. The van der Waals surface area contributed by atoms with Crippen molar-refractivity contribution in [2.75, 3.05) is 13.1 Å². The first-order valence-electron chi connectivity index (χ1n) is 9.84. The molecule has 8 heteroatoms. The molecule has 2 N–H and O–H groups in total. The molecule has 0 saturated heterocycles. The lowest BCUT2D eigenvalue weighted by Crippen LogP contribution is -2.35. The quantitative estimate of drug-likeness (QED) is 0.514. The number of hydrogen-bond acceptors (Lipinski definition) is 4. The summed E-state index contributed by atoms with van der Waals surface area (Å²) >= 11 is 0. The van der Waals surface area contributed by atoms with Gasteiger partial charge in [0.05, 0.1) is 28.9 Å². The number of rotatable bonds is 9. The second-order valence-corrected chi connectivity index (χ2v) is 8.74. The summed E-state index contributed by atoms with van der Waals surface area (Å²) in [5.74, 6) is -0.263. The van der Waals surface area contributed by atoms with Crippen molar-refractivity contribution in [1.29, 1.82) is 0 Å². The van der Waals surface area contributed by atoms with E-state index in [1.54, 1.807) is 30.5 Å². The van der Waals surface area contributed by atoms with Gasteiger partial charge in [-0.3, -0.25) is 9.48 Å². The van der Waals surface area contributed by atoms with Crippen LogP contribution in [-0.4, -0.2) is 37.2 Å². The van der Waals surface area contributed by atoms with Crippen LogP contribution >= 0.6 is 0 Å². The number of nitrogens with zero attached hydrogens (tertiary/aromatic N) is 2. The highest BCUT2D eigenvalue weighted by Gasteiger charge is 2.17. The van der Waals surface area contributed by atoms with Crippen molar-refractivity contribution in [2.45, 2.75) is 31.7 Å². The van der Waals surface area contributed by atoms with Crippen LogP contribution in [0.2, 0.25) is 0 Å². The molecule has 0 radical (unpaired) electrons. The number of amides is 1. The third-order valence-corrected chi connectivity index (χ3v) is 6.21. The van der Waals surface area contributed by atoms with Gasteiger partial charge in [-0.2, -0.15) is 5.10 Å². The number of nitrogens with one attached hydrogen (secondary N) is 2. The monoisotopic (exact) mass is 426 g/mol. The first-order chi connectivity index (χ1) is 14.4. The Labute approximate surface area is 177 Å². The van der Waals surface area contributed by atoms with Gasteiger partial charge in [-0.15, -0.1) is 0 Å². The zero-order valence-corrected chi connectivity index (χ0v) is 17.9. The van der Waals surface area contributed by atoms with Crippen LogP contribution < -0.4 is 10.0 Å². The summed E-state index contributed by atoms with van der Waals surface area (Å²) in [6.07, 6.45) is 2.23. The summed E-state index contributed by atoms with van der Waals surface area (Å²) in [6.45, 7) is 4.74. The zero-order valence-electron chi connectivity index (χ0n) is 17.1. The molecule has 0 aliphatic heterocycles. The van der Waals surface area contributed by atoms with Crippen LogP contribution in [0.1, 0.15) is 34.1 Å². The van der Waals surface area contributed by atoms with Gasteiger partial charge in [0.2, 0.25) is 10.0 Å². The zero-order chi connectivity index (χ0) is 21.6. The highest BCUT2D eigenvalue weighted by molar-refractivity contribution is 7.89. The minimum atomic E-state index is -3.60. The lowest BCUT2D eigenvalue weighted by Gasteiger charge is -2.10. The van der Waals surface area contributed by atoms with Crippen molar-refractivity contribution in [3.05, 3.63) is 83.2 Å². The molecule has 0 aliphatic rings. The van der Waals surface area contributed by atoms with Crippen molar-refractivity contribution in [2.24, 2.45) is 0 Å². The minimum absolute atomic E-state index is 0.0988. The molecule has 0 fully saturated rings. The molecule has 7 nitrogen and oxygen atoms in total. The Kier molecular flexibility index (Phi) is 7.02. The SMILES string of the molecule is CCc1c(C(=O)NCCNS(=O)(=O)c2ccc(C)cc2)cnn1Cc1ccccc1. The molecular weight excluding hydrogens is 400 g/mol. The number of aryl methyl sites for hydroxylation is 1. The second kappa shape index (κ2) is 9.69. The predicted octanol–water partition coefficient (Wildman–Crippen LogP) is 2.51. The summed E-state index contributed by atoms with van der Waals surface area (Å²) in [7, 11) is -3.60. The van der Waals surface area contributed by atoms with Gasteiger partial charge in [0.15, 0.2) is 0 Å². The van der Waals surface area contributed by atoms with Crippen LogP contribution in [0.3, 0.4) is 0 Å². The molecule has 3 aromatic rings. The molecule has 30 heavy (non-hydrogen) atoms. The first kappa shape index (κ1) is 21.7. The van der Waals surface area contributed by atoms with Crippen molar-refractivity contribution in [3.8, 4) is 0 Å². The van der Waals surface area contributed by atoms with Crippen molar-refractivity contribution in [3.63, 3.8) is 0 Å². The molecule has 0 atom stereocenters. The van der Waals surface area contributed by atoms with Gasteiger partial charge in [0, 0.05) is 13.1 Å². The van der Waals surface area contributed by atoms with Crippen LogP contribution in [-0.2, 0) is 23.0 Å². The topological polar surface area (TPSA) is 93.1 Å². The van der Waals surface area contributed by atoms with Gasteiger partial charge in [-0.05, 0) is 31.0 Å². The normalized spacial score (nSPS) is 11.4. The molecule has 0 unspecified atom stereocenters. The highest BCUT2D eigenvalue weighted by atomic mass is 32.2. The lowest BCUT2D eigenvalue weighted by atomic mass is 10.1. The fraction of sp³-hybridized carbons (Fsp3) is 0.273. The third-order valence-electron chi connectivity index (χ3n) is 4.74. The summed E-state index contributed by atoms with van der Waals surface area (Å²) in [6, 6.07) is 16.5. The number of benzene rings is 2. The maximum Gasteiger partial charge on any atom is 0.254 e. The summed E-state index contributed by atoms with van der Waals surface area (Å²) < 4.78 is 28.9. The highest BCUT2D eigenvalue weighted by Crippen LogP contribution is 2.13. The van der Waals surface area contributed by atoms with Crippen LogP contribution in [0.4, 0.5) is 0 Å². The van der Waals surface area contributed by atoms with E-state index in [-0.39, 0.29) is 23.9 Å². The molecule has 0 bridgehead atoms. The average Bonchev–Trinajstić information content (AvgIpc) is 3.14. The van der Waals surface area contributed by atoms with E-state index < -0.39 is 10.0 Å². The summed E-state index contributed by atoms with van der Waals surface area (Å²) in [5, 5.41) is 7.13. The van der Waals surface area contributed by atoms with Crippen LogP contribution in [0, 0.1) is 6.92 Å². The third kappa shape index (κ3) is 5.34. The Bertz CT molecular complexity index is 1090. The van der Waals surface area contributed by atoms with Crippen molar-refractivity contribution < 1.29 is 13.2 Å². The van der Waals surface area contributed by atoms with E-state index >= 15 is 0 Å². The van der Waals surface area contributed by atoms with Crippen molar-refractivity contribution >= 4 is 15.9 Å². The standard InChI is InChI=1S/C22H26N4O3S/c1-3-21-20(15-24-26(21)16-18-7-5-4-6-8-18)22(27)23-13-14-25-30(28,29)19-11-9-17(2)10-12-19/h4-12,15,25H,3,13-14,16H2,1-2H3,(H,23,27). The number of aromatic nitrogens is 2. The van der Waals surface area contributed by atoms with Gasteiger partial charge in [-0.25, -0.2) is 13.1 Å². The largest absolute Gasteiger partial charge is 0.351 e. The molecule has 0 aliphatic carbocycles. The molecule has 158 valence electrons. The van der Waals surface area contributed by atoms with Gasteiger partial charge in [0.1, 0.15) is 0 Å². The Morgan fingerprint density at radius 2 is 1.73 bits per heavy atom. The van der Waals surface area contributed by atoms with E-state index in [2.05, 4.69) is 15.1 Å². The molecule has 3 rings (SSSR count). The van der Waals surface area contributed by atoms with Gasteiger partial charge < -0.3 is 5.32 Å². The summed E-state index contributed by atoms with van der Waals surface area (Å²) in [4.78, 5) is 12.8. The molecule has 1 heterocycles. The molecule has 1 aromatic heterocycles. The van der Waals surface area contributed by atoms with Crippen LogP contribution in [0.25, 0.3) is 0 Å². The first-order valence-corrected chi connectivity index (χ1v) is 11.3. The second-order valence-electron chi connectivity index (χ2n) is 6.97. The maximum absolute atomic E-state index is 12.6. The molecule has 1 amide bonds. The number of carbonyl (C=O) groups is 1. The molecule has 2 aromatic carbocycles. The van der Waals surface area contributed by atoms with E-state index in [0.29, 0.717) is 18.5 Å². The summed E-state index contributed by atoms with van der Waals surface area (Å²) in [5.41, 5.74) is 3.44. The van der Waals surface area contributed by atoms with Crippen LogP contribution in [0.5, 0.6) is 0 Å². The molecule has 0 saturated carbocycles. The van der Waals surface area contributed by atoms with Crippen LogP contribution in [0.15, 0.2) is 65.7 Å². The average molecular weight is 427 g/mol. The van der Waals surface area contributed by atoms with Gasteiger partial charge in [0.25, 0.3) is 5.91 Å². The number of hydrogen-bond donors (Lipinski definition) is 2. The van der Waals surface area contributed by atoms with E-state index in [4.69, 9.17) is 0 Å². The van der Waals surface area contributed by atoms with Crippen molar-refractivity contribution in [1.82, 2.24) is 19.8 Å². The smallest absolute Gasteiger partial charge is 0.254 e. The maximum atomic E-state index is 12.6. The number of sulfonamides is 1. The Balaban J connectivity index is 1.56. The predicted molar refractivity (Wildman–Crippen MR) is 116 cm³/mol. The molecular formula is C22H26N4O3S. The molecule has 0 spiro atoms. The fourth-order valence-corrected chi connectivity index (χ4v) is 4.16. The van der Waals surface area contributed by atoms with Gasteiger partial charge >= 0.3 is 0 Å². The van der Waals surface area contributed by atoms with E-state index in [1.807, 2.05) is 48.9 Å². The van der Waals surface area contributed by atoms with Gasteiger partial charge in [-0.1, -0.05) is 55.0 Å². The Morgan fingerprint density at radius 3 is 2.40 bits per heavy atom. The Hall–Kier alpha value is -2.97. The van der Waals surface area contributed by atoms with E-state index in [0.717, 1.165) is 16.8 Å².